The SMILES string of the molecule is COc1ccc(Nc2cc(C)nc(N3CCN(S(=O)(=O)c4c(F)cccc4F)CC3)n2)cc1. The maximum absolute atomic E-state index is 14.1. The van der Waals surface area contributed by atoms with Crippen molar-refractivity contribution in [3.63, 3.8) is 0 Å². The lowest BCUT2D eigenvalue weighted by Gasteiger charge is -2.34. The largest absolute Gasteiger partial charge is 0.497 e. The molecule has 0 unspecified atom stereocenters. The van der Waals surface area contributed by atoms with Crippen LogP contribution in [-0.2, 0) is 10.0 Å². The van der Waals surface area contributed by atoms with Crippen molar-refractivity contribution in [2.24, 2.45) is 0 Å². The molecule has 0 aliphatic carbocycles. The highest BCUT2D eigenvalue weighted by atomic mass is 32.2. The Balaban J connectivity index is 1.48. The van der Waals surface area contributed by atoms with Crippen molar-refractivity contribution >= 4 is 27.5 Å². The first-order valence-electron chi connectivity index (χ1n) is 10.2. The van der Waals surface area contributed by atoms with Crippen LogP contribution in [0.25, 0.3) is 0 Å². The number of benzene rings is 2. The minimum atomic E-state index is -4.30. The van der Waals surface area contributed by atoms with E-state index in [4.69, 9.17) is 4.74 Å². The van der Waals surface area contributed by atoms with E-state index in [-0.39, 0.29) is 26.2 Å². The molecule has 1 aromatic heterocycles. The Bertz CT molecular complexity index is 1230. The number of ether oxygens (including phenoxy) is 1. The van der Waals surface area contributed by atoms with Crippen LogP contribution in [0.4, 0.5) is 26.2 Å². The van der Waals surface area contributed by atoms with Gasteiger partial charge in [-0.3, -0.25) is 0 Å². The fourth-order valence-electron chi connectivity index (χ4n) is 3.57. The standard InChI is InChI=1S/C22H23F2N5O3S/c1-15-14-20(26-16-6-8-17(32-2)9-7-16)27-22(25-15)28-10-12-29(13-11-28)33(30,31)21-18(23)4-3-5-19(21)24/h3-9,14H,10-13H2,1-2H3,(H,25,26,27). The van der Waals surface area contributed by atoms with E-state index in [0.29, 0.717) is 11.8 Å². The molecule has 0 spiro atoms. The molecule has 0 saturated carbocycles. The third-order valence-electron chi connectivity index (χ3n) is 5.24. The zero-order valence-electron chi connectivity index (χ0n) is 18.1. The summed E-state index contributed by atoms with van der Waals surface area (Å²) < 4.78 is 60.0. The molecular weight excluding hydrogens is 452 g/mol. The Morgan fingerprint density at radius 1 is 0.970 bits per heavy atom. The monoisotopic (exact) mass is 475 g/mol. The summed E-state index contributed by atoms with van der Waals surface area (Å²) in [5, 5.41) is 3.22. The van der Waals surface area contributed by atoms with Crippen LogP contribution in [0.5, 0.6) is 5.75 Å². The molecule has 4 rings (SSSR count). The van der Waals surface area contributed by atoms with Gasteiger partial charge in [-0.15, -0.1) is 0 Å². The molecule has 0 atom stereocenters. The molecule has 0 amide bonds. The summed E-state index contributed by atoms with van der Waals surface area (Å²) in [6.45, 7) is 2.50. The van der Waals surface area contributed by atoms with Crippen LogP contribution in [-0.4, -0.2) is 56.0 Å². The van der Waals surface area contributed by atoms with Crippen LogP contribution in [0.15, 0.2) is 53.4 Å². The fraction of sp³-hybridized carbons (Fsp3) is 0.273. The summed E-state index contributed by atoms with van der Waals surface area (Å²) in [4.78, 5) is 9.94. The summed E-state index contributed by atoms with van der Waals surface area (Å²) in [5.41, 5.74) is 1.56. The lowest BCUT2D eigenvalue weighted by molar-refractivity contribution is 0.376. The maximum atomic E-state index is 14.1. The smallest absolute Gasteiger partial charge is 0.249 e. The third kappa shape index (κ3) is 4.88. The average Bonchev–Trinajstić information content (AvgIpc) is 2.79. The first-order valence-corrected chi connectivity index (χ1v) is 11.7. The van der Waals surface area contributed by atoms with Gasteiger partial charge >= 0.3 is 0 Å². The van der Waals surface area contributed by atoms with Gasteiger partial charge in [0.15, 0.2) is 4.90 Å². The van der Waals surface area contributed by atoms with Crippen molar-refractivity contribution in [2.45, 2.75) is 11.8 Å². The van der Waals surface area contributed by atoms with Gasteiger partial charge in [0.25, 0.3) is 0 Å². The van der Waals surface area contributed by atoms with Gasteiger partial charge < -0.3 is 15.0 Å². The summed E-state index contributed by atoms with van der Waals surface area (Å²) >= 11 is 0. The molecule has 1 aliphatic rings. The third-order valence-corrected chi connectivity index (χ3v) is 7.19. The number of sulfonamides is 1. The number of hydrogen-bond donors (Lipinski definition) is 1. The van der Waals surface area contributed by atoms with Crippen LogP contribution in [0.1, 0.15) is 5.69 Å². The van der Waals surface area contributed by atoms with Crippen molar-refractivity contribution in [1.29, 1.82) is 0 Å². The highest BCUT2D eigenvalue weighted by Gasteiger charge is 2.33. The number of aromatic nitrogens is 2. The van der Waals surface area contributed by atoms with Gasteiger partial charge in [0.2, 0.25) is 16.0 Å². The van der Waals surface area contributed by atoms with E-state index < -0.39 is 26.6 Å². The van der Waals surface area contributed by atoms with E-state index in [1.165, 1.54) is 0 Å². The zero-order valence-corrected chi connectivity index (χ0v) is 18.9. The molecule has 8 nitrogen and oxygen atoms in total. The van der Waals surface area contributed by atoms with E-state index in [2.05, 4.69) is 15.3 Å². The molecule has 2 aromatic carbocycles. The van der Waals surface area contributed by atoms with Gasteiger partial charge in [0.05, 0.1) is 7.11 Å². The molecule has 1 saturated heterocycles. The van der Waals surface area contributed by atoms with E-state index in [1.807, 2.05) is 36.1 Å². The molecule has 2 heterocycles. The van der Waals surface area contributed by atoms with Crippen molar-refractivity contribution < 1.29 is 21.9 Å². The molecule has 0 bridgehead atoms. The van der Waals surface area contributed by atoms with Crippen LogP contribution >= 0.6 is 0 Å². The lowest BCUT2D eigenvalue weighted by atomic mass is 10.3. The Morgan fingerprint density at radius 2 is 1.61 bits per heavy atom. The number of hydrogen-bond acceptors (Lipinski definition) is 7. The number of methoxy groups -OCH3 is 1. The van der Waals surface area contributed by atoms with Gasteiger partial charge in [0, 0.05) is 43.6 Å². The second-order valence-electron chi connectivity index (χ2n) is 7.49. The summed E-state index contributed by atoms with van der Waals surface area (Å²) in [6.07, 6.45) is 0. The molecular formula is C22H23F2N5O3S. The number of aryl methyl sites for hydroxylation is 1. The van der Waals surface area contributed by atoms with E-state index in [0.717, 1.165) is 39.6 Å². The van der Waals surface area contributed by atoms with Gasteiger partial charge in [0.1, 0.15) is 23.2 Å². The number of nitrogens with zero attached hydrogens (tertiary/aromatic N) is 4. The first kappa shape index (κ1) is 22.9. The van der Waals surface area contributed by atoms with Crippen molar-refractivity contribution in [2.75, 3.05) is 43.5 Å². The van der Waals surface area contributed by atoms with Crippen molar-refractivity contribution in [3.05, 3.63) is 65.9 Å². The normalized spacial score (nSPS) is 14.8. The Hall–Kier alpha value is -3.31. The summed E-state index contributed by atoms with van der Waals surface area (Å²) in [6, 6.07) is 12.2. The van der Waals surface area contributed by atoms with Crippen molar-refractivity contribution in [1.82, 2.24) is 14.3 Å². The van der Waals surface area contributed by atoms with E-state index in [9.17, 15) is 17.2 Å². The first-order chi connectivity index (χ1) is 15.8. The molecule has 1 aliphatic heterocycles. The predicted molar refractivity (Wildman–Crippen MR) is 120 cm³/mol. The highest BCUT2D eigenvalue weighted by Crippen LogP contribution is 2.25. The highest BCUT2D eigenvalue weighted by molar-refractivity contribution is 7.89. The second-order valence-corrected chi connectivity index (χ2v) is 9.36. The summed E-state index contributed by atoms with van der Waals surface area (Å²) in [7, 11) is -2.70. The van der Waals surface area contributed by atoms with E-state index in [1.54, 1.807) is 13.2 Å². The Labute approximate surface area is 190 Å². The number of anilines is 3. The Kier molecular flexibility index (Phi) is 6.43. The van der Waals surface area contributed by atoms with Crippen LogP contribution in [0, 0.1) is 18.6 Å². The van der Waals surface area contributed by atoms with Gasteiger partial charge in [-0.2, -0.15) is 9.29 Å². The van der Waals surface area contributed by atoms with E-state index >= 15 is 0 Å². The molecule has 1 fully saturated rings. The second kappa shape index (κ2) is 9.28. The Morgan fingerprint density at radius 3 is 2.21 bits per heavy atom. The molecule has 0 radical (unpaired) electrons. The van der Waals surface area contributed by atoms with Crippen LogP contribution in [0.2, 0.25) is 0 Å². The predicted octanol–water partition coefficient (Wildman–Crippen LogP) is 3.33. The quantitative estimate of drug-likeness (QED) is 0.585. The fourth-order valence-corrected chi connectivity index (χ4v) is 5.10. The molecule has 3 aromatic rings. The molecule has 11 heteroatoms. The minimum absolute atomic E-state index is 0.0502. The minimum Gasteiger partial charge on any atom is -0.497 e. The van der Waals surface area contributed by atoms with Crippen molar-refractivity contribution in [3.8, 4) is 5.75 Å². The molecule has 174 valence electrons. The topological polar surface area (TPSA) is 87.7 Å². The van der Waals surface area contributed by atoms with Crippen LogP contribution < -0.4 is 15.0 Å². The lowest BCUT2D eigenvalue weighted by Crippen LogP contribution is -2.49. The molecule has 1 N–H and O–H groups in total. The summed E-state index contributed by atoms with van der Waals surface area (Å²) in [5.74, 6) is -0.433. The molecule has 33 heavy (non-hydrogen) atoms. The van der Waals surface area contributed by atoms with Gasteiger partial charge in [-0.25, -0.2) is 22.2 Å². The van der Waals surface area contributed by atoms with Gasteiger partial charge in [-0.05, 0) is 43.3 Å². The number of nitrogens with one attached hydrogen (secondary N) is 1. The number of halogens is 2. The number of piperazine rings is 1. The average molecular weight is 476 g/mol. The maximum Gasteiger partial charge on any atom is 0.249 e. The van der Waals surface area contributed by atoms with Gasteiger partial charge in [-0.1, -0.05) is 6.07 Å². The number of rotatable bonds is 6. The van der Waals surface area contributed by atoms with Crippen LogP contribution in [0.3, 0.4) is 0 Å². The zero-order chi connectivity index (χ0) is 23.6.